The second kappa shape index (κ2) is 1.26. The van der Waals surface area contributed by atoms with Gasteiger partial charge in [0.2, 0.25) is 11.8 Å². The molecule has 1 aliphatic carbocycles. The first kappa shape index (κ1) is 5.89. The Morgan fingerprint density at radius 1 is 1.20 bits per heavy atom. The van der Waals surface area contributed by atoms with E-state index in [1.165, 1.54) is 0 Å². The Bertz CT molecular complexity index is 210. The first-order valence-electron chi connectivity index (χ1n) is 3.40. The zero-order valence-corrected chi connectivity index (χ0v) is 5.97. The maximum atomic E-state index is 10.9. The van der Waals surface area contributed by atoms with E-state index < -0.39 is 0 Å². The lowest BCUT2D eigenvalue weighted by Crippen LogP contribution is -2.29. The average molecular weight is 139 g/mol. The van der Waals surface area contributed by atoms with Crippen molar-refractivity contribution in [2.45, 2.75) is 13.8 Å². The summed E-state index contributed by atoms with van der Waals surface area (Å²) in [6.07, 6.45) is 0. The lowest BCUT2D eigenvalue weighted by molar-refractivity contribution is -0.128. The lowest BCUT2D eigenvalue weighted by atomic mass is 10.1. The van der Waals surface area contributed by atoms with Gasteiger partial charge < -0.3 is 0 Å². The van der Waals surface area contributed by atoms with E-state index in [9.17, 15) is 9.59 Å². The van der Waals surface area contributed by atoms with Crippen LogP contribution in [0.25, 0.3) is 0 Å². The number of carbonyl (C=O) groups is 2. The summed E-state index contributed by atoms with van der Waals surface area (Å²) in [5, 5.41) is 2.29. The second-order valence-electron chi connectivity index (χ2n) is 3.63. The largest absolute Gasteiger partial charge is 0.296 e. The maximum absolute atomic E-state index is 10.9. The van der Waals surface area contributed by atoms with Crippen LogP contribution in [-0.2, 0) is 9.59 Å². The summed E-state index contributed by atoms with van der Waals surface area (Å²) in [7, 11) is 0. The van der Waals surface area contributed by atoms with E-state index in [1.54, 1.807) is 0 Å². The Balaban J connectivity index is 2.34. The fraction of sp³-hybridized carbons (Fsp3) is 0.714. The van der Waals surface area contributed by atoms with E-state index in [4.69, 9.17) is 0 Å². The molecule has 0 radical (unpaired) electrons. The summed E-state index contributed by atoms with van der Waals surface area (Å²) in [6.45, 7) is 3.91. The van der Waals surface area contributed by atoms with Crippen LogP contribution >= 0.6 is 0 Å². The Morgan fingerprint density at radius 2 is 1.60 bits per heavy atom. The molecule has 1 heterocycles. The molecule has 10 heavy (non-hydrogen) atoms. The molecular weight excluding hydrogens is 130 g/mol. The van der Waals surface area contributed by atoms with Crippen LogP contribution in [0.4, 0.5) is 0 Å². The van der Waals surface area contributed by atoms with Crippen molar-refractivity contribution in [3.8, 4) is 0 Å². The number of hydrogen-bond acceptors (Lipinski definition) is 2. The summed E-state index contributed by atoms with van der Waals surface area (Å²) >= 11 is 0. The fourth-order valence-electron chi connectivity index (χ4n) is 1.89. The Kier molecular flexibility index (Phi) is 0.743. The highest BCUT2D eigenvalue weighted by Gasteiger charge is 2.69. The lowest BCUT2D eigenvalue weighted by Gasteiger charge is -2.05. The van der Waals surface area contributed by atoms with Crippen molar-refractivity contribution in [1.29, 1.82) is 0 Å². The van der Waals surface area contributed by atoms with Crippen LogP contribution in [0.5, 0.6) is 0 Å². The Hall–Kier alpha value is -0.860. The molecule has 0 unspecified atom stereocenters. The van der Waals surface area contributed by atoms with Gasteiger partial charge in [0.15, 0.2) is 0 Å². The van der Waals surface area contributed by atoms with Crippen LogP contribution < -0.4 is 5.32 Å². The number of hydrogen-bond donors (Lipinski definition) is 1. The molecule has 54 valence electrons. The second-order valence-corrected chi connectivity index (χ2v) is 3.63. The molecule has 2 atom stereocenters. The molecule has 2 fully saturated rings. The first-order chi connectivity index (χ1) is 4.55. The van der Waals surface area contributed by atoms with Gasteiger partial charge in [-0.15, -0.1) is 0 Å². The molecule has 1 saturated heterocycles. The van der Waals surface area contributed by atoms with Gasteiger partial charge in [-0.05, 0) is 5.41 Å². The minimum atomic E-state index is -0.0833. The van der Waals surface area contributed by atoms with Crippen molar-refractivity contribution in [3.63, 3.8) is 0 Å². The number of rotatable bonds is 0. The summed E-state index contributed by atoms with van der Waals surface area (Å²) in [5.41, 5.74) is -0.0561. The number of fused-ring (bicyclic) bond motifs is 1. The molecule has 1 aliphatic heterocycles. The molecule has 2 amide bonds. The molecule has 2 aliphatic rings. The molecule has 0 aromatic heterocycles. The highest BCUT2D eigenvalue weighted by molar-refractivity contribution is 6.10. The maximum Gasteiger partial charge on any atom is 0.231 e. The third kappa shape index (κ3) is 0.426. The smallest absolute Gasteiger partial charge is 0.231 e. The van der Waals surface area contributed by atoms with E-state index in [0.29, 0.717) is 0 Å². The zero-order valence-electron chi connectivity index (χ0n) is 5.97. The van der Waals surface area contributed by atoms with Crippen molar-refractivity contribution in [1.82, 2.24) is 5.32 Å². The topological polar surface area (TPSA) is 46.2 Å². The van der Waals surface area contributed by atoms with E-state index in [0.717, 1.165) is 0 Å². The highest BCUT2D eigenvalue weighted by atomic mass is 16.2. The van der Waals surface area contributed by atoms with Crippen LogP contribution in [0.15, 0.2) is 0 Å². The quantitative estimate of drug-likeness (QED) is 0.477. The van der Waals surface area contributed by atoms with Gasteiger partial charge in [-0.1, -0.05) is 13.8 Å². The standard InChI is InChI=1S/C7H9NO2/c1-7(2)3-4(7)6(10)8-5(3)9/h3-4H,1-2H3,(H,8,9,10)/t3-,4+. The van der Waals surface area contributed by atoms with Crippen molar-refractivity contribution in [2.75, 3.05) is 0 Å². The van der Waals surface area contributed by atoms with Crippen LogP contribution in [0.2, 0.25) is 0 Å². The Labute approximate surface area is 58.8 Å². The molecule has 0 bridgehead atoms. The summed E-state index contributed by atoms with van der Waals surface area (Å²) in [4.78, 5) is 21.8. The Morgan fingerprint density at radius 3 is 1.80 bits per heavy atom. The molecule has 3 heteroatoms. The number of nitrogens with one attached hydrogen (secondary N) is 1. The third-order valence-electron chi connectivity index (χ3n) is 2.64. The molecule has 0 aromatic rings. The number of carbonyl (C=O) groups excluding carboxylic acids is 2. The molecule has 1 N–H and O–H groups in total. The highest BCUT2D eigenvalue weighted by Crippen LogP contribution is 2.60. The van der Waals surface area contributed by atoms with E-state index in [-0.39, 0.29) is 29.1 Å². The zero-order chi connectivity index (χ0) is 7.52. The van der Waals surface area contributed by atoms with Gasteiger partial charge in [-0.3, -0.25) is 14.9 Å². The predicted octanol–water partition coefficient (Wildman–Crippen LogP) is -0.0850. The monoisotopic (exact) mass is 139 g/mol. The van der Waals surface area contributed by atoms with Crippen LogP contribution in [0.1, 0.15) is 13.8 Å². The normalized spacial score (nSPS) is 41.0. The number of amides is 2. The van der Waals surface area contributed by atoms with Crippen molar-refractivity contribution < 1.29 is 9.59 Å². The number of imide groups is 1. The van der Waals surface area contributed by atoms with E-state index >= 15 is 0 Å². The average Bonchev–Trinajstić information content (AvgIpc) is 2.17. The molecule has 0 aromatic carbocycles. The molecule has 0 spiro atoms. The van der Waals surface area contributed by atoms with Gasteiger partial charge in [-0.25, -0.2) is 0 Å². The van der Waals surface area contributed by atoms with Crippen molar-refractivity contribution in [2.24, 2.45) is 17.3 Å². The SMILES string of the molecule is CC1(C)[C@@H]2C(=O)NC(=O)[C@@H]21. The van der Waals surface area contributed by atoms with Gasteiger partial charge in [0.25, 0.3) is 0 Å². The van der Waals surface area contributed by atoms with Crippen LogP contribution in [-0.4, -0.2) is 11.8 Å². The molecule has 3 nitrogen and oxygen atoms in total. The van der Waals surface area contributed by atoms with Gasteiger partial charge >= 0.3 is 0 Å². The van der Waals surface area contributed by atoms with Crippen molar-refractivity contribution >= 4 is 11.8 Å². The number of piperidine rings is 1. The van der Waals surface area contributed by atoms with Gasteiger partial charge in [-0.2, -0.15) is 0 Å². The summed E-state index contributed by atoms with van der Waals surface area (Å²) in [6, 6.07) is 0. The molecular formula is C7H9NO2. The minimum absolute atomic E-state index is 0.0278. The minimum Gasteiger partial charge on any atom is -0.296 e. The van der Waals surface area contributed by atoms with Gasteiger partial charge in [0.05, 0.1) is 11.8 Å². The fourth-order valence-corrected chi connectivity index (χ4v) is 1.89. The third-order valence-corrected chi connectivity index (χ3v) is 2.64. The summed E-state index contributed by atoms with van der Waals surface area (Å²) in [5.74, 6) is -0.222. The van der Waals surface area contributed by atoms with E-state index in [1.807, 2.05) is 13.8 Å². The first-order valence-corrected chi connectivity index (χ1v) is 3.40. The summed E-state index contributed by atoms with van der Waals surface area (Å²) < 4.78 is 0. The predicted molar refractivity (Wildman–Crippen MR) is 33.9 cm³/mol. The van der Waals surface area contributed by atoms with Gasteiger partial charge in [0.1, 0.15) is 0 Å². The van der Waals surface area contributed by atoms with Crippen LogP contribution in [0, 0.1) is 17.3 Å². The van der Waals surface area contributed by atoms with Gasteiger partial charge in [0, 0.05) is 0 Å². The molecule has 1 saturated carbocycles. The van der Waals surface area contributed by atoms with E-state index in [2.05, 4.69) is 5.32 Å². The molecule has 2 rings (SSSR count). The van der Waals surface area contributed by atoms with Crippen molar-refractivity contribution in [3.05, 3.63) is 0 Å². The van der Waals surface area contributed by atoms with Crippen LogP contribution in [0.3, 0.4) is 0 Å².